The molecule has 1 aromatic carbocycles. The Labute approximate surface area is 95.8 Å². The molecule has 0 spiro atoms. The number of nitrogens with one attached hydrogen (secondary N) is 1. The van der Waals surface area contributed by atoms with Gasteiger partial charge in [-0.05, 0) is 31.5 Å². The van der Waals surface area contributed by atoms with Crippen molar-refractivity contribution in [1.29, 1.82) is 0 Å². The lowest BCUT2D eigenvalue weighted by molar-refractivity contribution is -0.0107. The number of ether oxygens (including phenoxy) is 1. The number of hydrogen-bond donors (Lipinski definition) is 1. The highest BCUT2D eigenvalue weighted by Gasteiger charge is 2.31. The standard InChI is InChI=1S/C13H18FNO/c14-13(6-8-15-9-7-13)11-16-10-12-4-2-1-3-5-12/h1-5,15H,6-11H2. The first-order valence-corrected chi connectivity index (χ1v) is 5.80. The predicted molar refractivity (Wildman–Crippen MR) is 62.0 cm³/mol. The van der Waals surface area contributed by atoms with E-state index < -0.39 is 5.67 Å². The number of alkyl halides is 1. The molecule has 88 valence electrons. The van der Waals surface area contributed by atoms with E-state index in [2.05, 4.69) is 5.32 Å². The second-order valence-corrected chi connectivity index (χ2v) is 4.38. The van der Waals surface area contributed by atoms with Gasteiger partial charge < -0.3 is 10.1 Å². The van der Waals surface area contributed by atoms with Gasteiger partial charge in [-0.15, -0.1) is 0 Å². The maximum absolute atomic E-state index is 14.1. The van der Waals surface area contributed by atoms with Crippen molar-refractivity contribution in [1.82, 2.24) is 5.32 Å². The van der Waals surface area contributed by atoms with E-state index in [4.69, 9.17) is 4.74 Å². The van der Waals surface area contributed by atoms with Crippen LogP contribution in [0.2, 0.25) is 0 Å². The summed E-state index contributed by atoms with van der Waals surface area (Å²) in [6, 6.07) is 9.89. The van der Waals surface area contributed by atoms with Gasteiger partial charge >= 0.3 is 0 Å². The number of benzene rings is 1. The van der Waals surface area contributed by atoms with Crippen LogP contribution in [-0.2, 0) is 11.3 Å². The summed E-state index contributed by atoms with van der Waals surface area (Å²) in [7, 11) is 0. The first kappa shape index (κ1) is 11.6. The Balaban J connectivity index is 1.75. The van der Waals surface area contributed by atoms with Crippen LogP contribution in [0.1, 0.15) is 18.4 Å². The van der Waals surface area contributed by atoms with E-state index in [0.29, 0.717) is 19.4 Å². The van der Waals surface area contributed by atoms with Gasteiger partial charge in [-0.1, -0.05) is 30.3 Å². The third-order valence-corrected chi connectivity index (χ3v) is 2.97. The summed E-state index contributed by atoms with van der Waals surface area (Å²) in [6.07, 6.45) is 1.11. The number of rotatable bonds is 4. The van der Waals surface area contributed by atoms with E-state index in [9.17, 15) is 4.39 Å². The van der Waals surface area contributed by atoms with Gasteiger partial charge in [0, 0.05) is 0 Å². The fraction of sp³-hybridized carbons (Fsp3) is 0.538. The van der Waals surface area contributed by atoms with E-state index in [1.165, 1.54) is 0 Å². The zero-order valence-electron chi connectivity index (χ0n) is 9.42. The average molecular weight is 223 g/mol. The van der Waals surface area contributed by atoms with Crippen LogP contribution in [0.3, 0.4) is 0 Å². The summed E-state index contributed by atoms with van der Waals surface area (Å²) in [4.78, 5) is 0. The SMILES string of the molecule is FC1(COCc2ccccc2)CCNCC1. The largest absolute Gasteiger partial charge is 0.373 e. The summed E-state index contributed by atoms with van der Waals surface area (Å²) in [5, 5.41) is 3.15. The normalized spacial score (nSPS) is 19.6. The van der Waals surface area contributed by atoms with Gasteiger partial charge in [0.1, 0.15) is 5.67 Å². The van der Waals surface area contributed by atoms with Crippen LogP contribution in [0, 0.1) is 0 Å². The summed E-state index contributed by atoms with van der Waals surface area (Å²) in [5.41, 5.74) is -0.0277. The Kier molecular flexibility index (Phi) is 3.91. The molecule has 16 heavy (non-hydrogen) atoms. The van der Waals surface area contributed by atoms with E-state index >= 15 is 0 Å². The van der Waals surface area contributed by atoms with Crippen LogP contribution in [0.15, 0.2) is 30.3 Å². The molecule has 1 aromatic rings. The van der Waals surface area contributed by atoms with Crippen molar-refractivity contribution in [3.63, 3.8) is 0 Å². The minimum Gasteiger partial charge on any atom is -0.373 e. The highest BCUT2D eigenvalue weighted by atomic mass is 19.1. The molecule has 2 nitrogen and oxygen atoms in total. The number of halogens is 1. The third kappa shape index (κ3) is 3.29. The van der Waals surface area contributed by atoms with Crippen LogP contribution >= 0.6 is 0 Å². The second-order valence-electron chi connectivity index (χ2n) is 4.38. The van der Waals surface area contributed by atoms with Crippen molar-refractivity contribution in [2.75, 3.05) is 19.7 Å². The van der Waals surface area contributed by atoms with Gasteiger partial charge in [0.05, 0.1) is 13.2 Å². The molecule has 3 heteroatoms. The van der Waals surface area contributed by atoms with Crippen LogP contribution in [-0.4, -0.2) is 25.4 Å². The zero-order chi connectivity index (χ0) is 11.3. The van der Waals surface area contributed by atoms with Gasteiger partial charge in [-0.25, -0.2) is 4.39 Å². The first-order chi connectivity index (χ1) is 7.79. The quantitative estimate of drug-likeness (QED) is 0.845. The molecule has 1 aliphatic heterocycles. The summed E-state index contributed by atoms with van der Waals surface area (Å²) in [5.74, 6) is 0. The van der Waals surface area contributed by atoms with E-state index in [1.54, 1.807) is 0 Å². The molecule has 0 aromatic heterocycles. The molecule has 0 amide bonds. The molecule has 0 saturated carbocycles. The van der Waals surface area contributed by atoms with Crippen LogP contribution in [0.5, 0.6) is 0 Å². The topological polar surface area (TPSA) is 21.3 Å². The van der Waals surface area contributed by atoms with Crippen LogP contribution in [0.4, 0.5) is 4.39 Å². The lowest BCUT2D eigenvalue weighted by Gasteiger charge is -2.29. The Morgan fingerprint density at radius 3 is 2.56 bits per heavy atom. The molecule has 2 rings (SSSR count). The second kappa shape index (κ2) is 5.41. The third-order valence-electron chi connectivity index (χ3n) is 2.97. The summed E-state index contributed by atoms with van der Waals surface area (Å²) < 4.78 is 19.6. The van der Waals surface area contributed by atoms with Gasteiger partial charge in [-0.2, -0.15) is 0 Å². The predicted octanol–water partition coefficient (Wildman–Crippen LogP) is 2.29. The van der Waals surface area contributed by atoms with Gasteiger partial charge in [-0.3, -0.25) is 0 Å². The zero-order valence-corrected chi connectivity index (χ0v) is 9.42. The van der Waals surface area contributed by atoms with Gasteiger partial charge in [0.2, 0.25) is 0 Å². The molecule has 1 fully saturated rings. The lowest BCUT2D eigenvalue weighted by Crippen LogP contribution is -2.41. The molecule has 1 heterocycles. The van der Waals surface area contributed by atoms with Crippen molar-refractivity contribution in [2.24, 2.45) is 0 Å². The molecule has 0 bridgehead atoms. The lowest BCUT2D eigenvalue weighted by atomic mass is 9.96. The molecule has 0 radical (unpaired) electrons. The molecule has 0 unspecified atom stereocenters. The van der Waals surface area contributed by atoms with Crippen molar-refractivity contribution in [3.05, 3.63) is 35.9 Å². The van der Waals surface area contributed by atoms with E-state index in [0.717, 1.165) is 18.7 Å². The van der Waals surface area contributed by atoms with E-state index in [-0.39, 0.29) is 6.61 Å². The summed E-state index contributed by atoms with van der Waals surface area (Å²) in [6.45, 7) is 2.22. The highest BCUT2D eigenvalue weighted by Crippen LogP contribution is 2.23. The fourth-order valence-corrected chi connectivity index (χ4v) is 1.95. The molecule has 1 N–H and O–H groups in total. The molecule has 0 aliphatic carbocycles. The first-order valence-electron chi connectivity index (χ1n) is 5.80. The molecular weight excluding hydrogens is 205 g/mol. The monoisotopic (exact) mass is 223 g/mol. The highest BCUT2D eigenvalue weighted by molar-refractivity contribution is 5.13. The minimum absolute atomic E-state index is 0.212. The Morgan fingerprint density at radius 2 is 1.88 bits per heavy atom. The van der Waals surface area contributed by atoms with Crippen molar-refractivity contribution in [2.45, 2.75) is 25.1 Å². The molecule has 0 atom stereocenters. The summed E-state index contributed by atoms with van der Waals surface area (Å²) >= 11 is 0. The number of hydrogen-bond acceptors (Lipinski definition) is 2. The molecule has 1 saturated heterocycles. The van der Waals surface area contributed by atoms with Crippen LogP contribution < -0.4 is 5.32 Å². The van der Waals surface area contributed by atoms with Crippen molar-refractivity contribution < 1.29 is 9.13 Å². The Hall–Kier alpha value is -0.930. The van der Waals surface area contributed by atoms with Gasteiger partial charge in [0.25, 0.3) is 0 Å². The maximum Gasteiger partial charge on any atom is 0.136 e. The number of piperidine rings is 1. The molecular formula is C13H18FNO. The van der Waals surface area contributed by atoms with Crippen molar-refractivity contribution >= 4 is 0 Å². The Bertz CT molecular complexity index is 309. The van der Waals surface area contributed by atoms with Crippen molar-refractivity contribution in [3.8, 4) is 0 Å². The van der Waals surface area contributed by atoms with Gasteiger partial charge in [0.15, 0.2) is 0 Å². The Morgan fingerprint density at radius 1 is 1.19 bits per heavy atom. The average Bonchev–Trinajstić information content (AvgIpc) is 2.31. The smallest absolute Gasteiger partial charge is 0.136 e. The van der Waals surface area contributed by atoms with Crippen LogP contribution in [0.25, 0.3) is 0 Å². The fourth-order valence-electron chi connectivity index (χ4n) is 1.95. The molecule has 1 aliphatic rings. The van der Waals surface area contributed by atoms with E-state index in [1.807, 2.05) is 30.3 Å². The maximum atomic E-state index is 14.1. The minimum atomic E-state index is -1.12.